The van der Waals surface area contributed by atoms with E-state index in [-0.39, 0.29) is 17.9 Å². The van der Waals surface area contributed by atoms with Gasteiger partial charge in [0.15, 0.2) is 0 Å². The van der Waals surface area contributed by atoms with Crippen molar-refractivity contribution >= 4 is 11.8 Å². The van der Waals surface area contributed by atoms with Crippen LogP contribution in [0.25, 0.3) is 0 Å². The maximum absolute atomic E-state index is 13.1. The summed E-state index contributed by atoms with van der Waals surface area (Å²) in [5.41, 5.74) is 1.65. The fourth-order valence-corrected chi connectivity index (χ4v) is 4.11. The number of piperazine rings is 1. The van der Waals surface area contributed by atoms with Crippen LogP contribution in [0.4, 0.5) is 0 Å². The summed E-state index contributed by atoms with van der Waals surface area (Å²) in [5.74, 6) is 0.195. The molecule has 2 fully saturated rings. The smallest absolute Gasteiger partial charge is 0.272 e. The highest BCUT2D eigenvalue weighted by Gasteiger charge is 2.35. The number of pyridine rings is 1. The Hall–Kier alpha value is -2.73. The normalized spacial score (nSPS) is 21.0. The average molecular weight is 378 g/mol. The highest BCUT2D eigenvalue weighted by Crippen LogP contribution is 2.21. The Balaban J connectivity index is 1.35. The predicted molar refractivity (Wildman–Crippen MR) is 107 cm³/mol. The van der Waals surface area contributed by atoms with Crippen molar-refractivity contribution in [3.8, 4) is 0 Å². The summed E-state index contributed by atoms with van der Waals surface area (Å²) in [6.07, 6.45) is 3.57. The number of aromatic nitrogens is 1. The molecule has 0 radical (unpaired) electrons. The molecule has 1 aromatic carbocycles. The van der Waals surface area contributed by atoms with E-state index in [9.17, 15) is 9.59 Å². The molecule has 28 heavy (non-hydrogen) atoms. The molecular weight excluding hydrogens is 352 g/mol. The van der Waals surface area contributed by atoms with Crippen molar-refractivity contribution in [3.05, 3.63) is 66.0 Å². The van der Waals surface area contributed by atoms with E-state index in [2.05, 4.69) is 22.0 Å². The molecular formula is C22H26N4O2. The maximum Gasteiger partial charge on any atom is 0.272 e. The maximum atomic E-state index is 13.1. The molecule has 0 saturated carbocycles. The Morgan fingerprint density at radius 3 is 2.43 bits per heavy atom. The molecule has 6 nitrogen and oxygen atoms in total. The molecule has 146 valence electrons. The standard InChI is InChI=1S/C22H26N4O2/c27-21(19-9-4-5-11-23-19)25-15-13-24(14-16-25)20-10-6-12-26(22(20)28)17-18-7-2-1-3-8-18/h1-5,7-9,11,20H,6,10,12-17H2/t20-/m1/s1. The van der Waals surface area contributed by atoms with Gasteiger partial charge in [-0.3, -0.25) is 19.5 Å². The second-order valence-corrected chi connectivity index (χ2v) is 7.45. The van der Waals surface area contributed by atoms with Crippen LogP contribution in [0, 0.1) is 0 Å². The van der Waals surface area contributed by atoms with Crippen LogP contribution in [0.15, 0.2) is 54.7 Å². The number of nitrogens with zero attached hydrogens (tertiary/aromatic N) is 4. The predicted octanol–water partition coefficient (Wildman–Crippen LogP) is 2.03. The van der Waals surface area contributed by atoms with E-state index in [0.29, 0.717) is 25.3 Å². The highest BCUT2D eigenvalue weighted by molar-refractivity contribution is 5.92. The van der Waals surface area contributed by atoms with E-state index in [1.54, 1.807) is 12.3 Å². The molecule has 0 bridgehead atoms. The summed E-state index contributed by atoms with van der Waals surface area (Å²) in [6, 6.07) is 15.5. The summed E-state index contributed by atoms with van der Waals surface area (Å²) >= 11 is 0. The Bertz CT molecular complexity index is 804. The number of piperidine rings is 1. The van der Waals surface area contributed by atoms with Gasteiger partial charge in [0.1, 0.15) is 5.69 Å². The number of likely N-dealkylation sites (tertiary alicyclic amines) is 1. The molecule has 3 heterocycles. The number of rotatable bonds is 4. The van der Waals surface area contributed by atoms with Gasteiger partial charge in [-0.1, -0.05) is 36.4 Å². The van der Waals surface area contributed by atoms with Gasteiger partial charge >= 0.3 is 0 Å². The lowest BCUT2D eigenvalue weighted by Crippen LogP contribution is -2.58. The van der Waals surface area contributed by atoms with Crippen LogP contribution in [0.3, 0.4) is 0 Å². The van der Waals surface area contributed by atoms with Gasteiger partial charge in [-0.15, -0.1) is 0 Å². The topological polar surface area (TPSA) is 56.8 Å². The fraction of sp³-hybridized carbons (Fsp3) is 0.409. The molecule has 2 aliphatic rings. The number of amides is 2. The molecule has 2 aliphatic heterocycles. The van der Waals surface area contributed by atoms with E-state index >= 15 is 0 Å². The molecule has 1 aromatic heterocycles. The number of hydrogen-bond acceptors (Lipinski definition) is 4. The molecule has 0 spiro atoms. The van der Waals surface area contributed by atoms with E-state index in [1.807, 2.05) is 40.1 Å². The van der Waals surface area contributed by atoms with Crippen LogP contribution in [0.1, 0.15) is 28.9 Å². The van der Waals surface area contributed by atoms with Gasteiger partial charge in [0.25, 0.3) is 5.91 Å². The van der Waals surface area contributed by atoms with E-state index in [0.717, 1.165) is 32.5 Å². The number of hydrogen-bond donors (Lipinski definition) is 0. The summed E-state index contributed by atoms with van der Waals surface area (Å²) in [4.78, 5) is 35.9. The van der Waals surface area contributed by atoms with Gasteiger partial charge in [-0.05, 0) is 30.5 Å². The Labute approximate surface area is 165 Å². The largest absolute Gasteiger partial charge is 0.337 e. The summed E-state index contributed by atoms with van der Waals surface area (Å²) < 4.78 is 0. The van der Waals surface area contributed by atoms with Crippen molar-refractivity contribution < 1.29 is 9.59 Å². The lowest BCUT2D eigenvalue weighted by molar-refractivity contribution is -0.141. The Morgan fingerprint density at radius 2 is 1.71 bits per heavy atom. The summed E-state index contributed by atoms with van der Waals surface area (Å²) in [7, 11) is 0. The molecule has 2 amide bonds. The van der Waals surface area contributed by atoms with Crippen molar-refractivity contribution in [1.82, 2.24) is 19.7 Å². The highest BCUT2D eigenvalue weighted by atomic mass is 16.2. The van der Waals surface area contributed by atoms with Crippen LogP contribution in [-0.4, -0.2) is 70.3 Å². The first-order valence-corrected chi connectivity index (χ1v) is 9.99. The van der Waals surface area contributed by atoms with E-state index in [1.165, 1.54) is 5.56 Å². The lowest BCUT2D eigenvalue weighted by atomic mass is 10.0. The third-order valence-electron chi connectivity index (χ3n) is 5.64. The van der Waals surface area contributed by atoms with Gasteiger partial charge < -0.3 is 9.80 Å². The van der Waals surface area contributed by atoms with Gasteiger partial charge in [0.2, 0.25) is 5.91 Å². The minimum absolute atomic E-state index is 0.0269. The zero-order valence-corrected chi connectivity index (χ0v) is 16.0. The van der Waals surface area contributed by atoms with Gasteiger partial charge in [0, 0.05) is 45.5 Å². The molecule has 6 heteroatoms. The van der Waals surface area contributed by atoms with E-state index in [4.69, 9.17) is 0 Å². The van der Waals surface area contributed by atoms with Gasteiger partial charge in [-0.2, -0.15) is 0 Å². The molecule has 2 aromatic rings. The van der Waals surface area contributed by atoms with Crippen molar-refractivity contribution in [3.63, 3.8) is 0 Å². The molecule has 1 atom stereocenters. The van der Waals surface area contributed by atoms with Gasteiger partial charge in [0.05, 0.1) is 6.04 Å². The fourth-order valence-electron chi connectivity index (χ4n) is 4.11. The first-order valence-electron chi connectivity index (χ1n) is 9.99. The molecule has 0 N–H and O–H groups in total. The average Bonchev–Trinajstić information content (AvgIpc) is 2.76. The van der Waals surface area contributed by atoms with Crippen LogP contribution >= 0.6 is 0 Å². The second kappa shape index (κ2) is 8.52. The van der Waals surface area contributed by atoms with Crippen LogP contribution in [-0.2, 0) is 11.3 Å². The molecule has 4 rings (SSSR count). The Morgan fingerprint density at radius 1 is 0.964 bits per heavy atom. The third-order valence-corrected chi connectivity index (χ3v) is 5.64. The number of carbonyl (C=O) groups is 2. The van der Waals surface area contributed by atoms with E-state index < -0.39 is 0 Å². The number of carbonyl (C=O) groups excluding carboxylic acids is 2. The summed E-state index contributed by atoms with van der Waals surface area (Å²) in [6.45, 7) is 4.23. The molecule has 0 aliphatic carbocycles. The first kappa shape index (κ1) is 18.6. The Kier molecular flexibility index (Phi) is 5.67. The third kappa shape index (κ3) is 4.07. The van der Waals surface area contributed by atoms with Crippen LogP contribution in [0.5, 0.6) is 0 Å². The van der Waals surface area contributed by atoms with Crippen molar-refractivity contribution in [2.24, 2.45) is 0 Å². The zero-order chi connectivity index (χ0) is 19.3. The molecule has 2 saturated heterocycles. The van der Waals surface area contributed by atoms with Crippen molar-refractivity contribution in [2.75, 3.05) is 32.7 Å². The quantitative estimate of drug-likeness (QED) is 0.817. The SMILES string of the molecule is O=C(c1ccccn1)N1CCN([C@@H]2CCCN(Cc3ccccc3)C2=O)CC1. The monoisotopic (exact) mass is 378 g/mol. The van der Waals surface area contributed by atoms with Crippen molar-refractivity contribution in [1.29, 1.82) is 0 Å². The van der Waals surface area contributed by atoms with Crippen LogP contribution in [0.2, 0.25) is 0 Å². The van der Waals surface area contributed by atoms with Crippen LogP contribution < -0.4 is 0 Å². The number of benzene rings is 1. The first-order chi connectivity index (χ1) is 13.7. The lowest BCUT2D eigenvalue weighted by Gasteiger charge is -2.42. The van der Waals surface area contributed by atoms with Crippen molar-refractivity contribution in [2.45, 2.75) is 25.4 Å². The second-order valence-electron chi connectivity index (χ2n) is 7.45. The molecule has 0 unspecified atom stereocenters. The minimum atomic E-state index is -0.0652. The van der Waals surface area contributed by atoms with Gasteiger partial charge in [-0.25, -0.2) is 0 Å². The summed E-state index contributed by atoms with van der Waals surface area (Å²) in [5, 5.41) is 0. The minimum Gasteiger partial charge on any atom is -0.337 e. The zero-order valence-electron chi connectivity index (χ0n) is 16.0.